The highest BCUT2D eigenvalue weighted by atomic mass is 32.2. The van der Waals surface area contributed by atoms with Crippen LogP contribution in [0, 0.1) is 0 Å². The third-order valence-corrected chi connectivity index (χ3v) is 5.64. The summed E-state index contributed by atoms with van der Waals surface area (Å²) in [5.74, 6) is 0.0940. The molecule has 0 bridgehead atoms. The van der Waals surface area contributed by atoms with Gasteiger partial charge < -0.3 is 4.18 Å². The summed E-state index contributed by atoms with van der Waals surface area (Å²) in [6, 6.07) is 19.7. The molecule has 0 amide bonds. The van der Waals surface area contributed by atoms with Crippen LogP contribution in [0.3, 0.4) is 0 Å². The van der Waals surface area contributed by atoms with Crippen molar-refractivity contribution in [3.8, 4) is 5.75 Å². The van der Waals surface area contributed by atoms with Crippen LogP contribution in [0.4, 0.5) is 11.4 Å². The molecule has 0 heterocycles. The molecule has 0 radical (unpaired) electrons. The maximum Gasteiger partial charge on any atom is 0.357 e. The number of fused-ring (bicyclic) bond motifs is 2. The number of benzene rings is 4. The Morgan fingerprint density at radius 2 is 1.37 bits per heavy atom. The number of hydrogen-bond donors (Lipinski definition) is 2. The van der Waals surface area contributed by atoms with E-state index >= 15 is 0 Å². The van der Waals surface area contributed by atoms with Gasteiger partial charge in [-0.3, -0.25) is 9.11 Å². The van der Waals surface area contributed by atoms with Crippen LogP contribution < -0.4 is 4.18 Å². The maximum absolute atomic E-state index is 11.6. The van der Waals surface area contributed by atoms with Crippen LogP contribution in [0.2, 0.25) is 0 Å². The SMILES string of the molecule is O=S(O)Oc1c(N=Nc2ccc(S(=O)(=O)O)c3ccccc23)ccc2ccccc12. The largest absolute Gasteiger partial charge is 0.377 e. The minimum absolute atomic E-state index is 0.0940. The number of azo groups is 1. The minimum Gasteiger partial charge on any atom is -0.377 e. The first-order chi connectivity index (χ1) is 14.3. The van der Waals surface area contributed by atoms with Crippen LogP contribution >= 0.6 is 0 Å². The van der Waals surface area contributed by atoms with Crippen molar-refractivity contribution in [1.29, 1.82) is 0 Å². The normalized spacial score (nSPS) is 13.1. The fourth-order valence-corrected chi connectivity index (χ4v) is 4.16. The van der Waals surface area contributed by atoms with Crippen LogP contribution in [0.5, 0.6) is 5.75 Å². The molecule has 0 aliphatic heterocycles. The highest BCUT2D eigenvalue weighted by molar-refractivity contribution is 7.86. The molecule has 30 heavy (non-hydrogen) atoms. The highest BCUT2D eigenvalue weighted by Gasteiger charge is 2.16. The van der Waals surface area contributed by atoms with E-state index in [2.05, 4.69) is 10.2 Å². The van der Waals surface area contributed by atoms with Crippen LogP contribution in [0.15, 0.2) is 87.9 Å². The van der Waals surface area contributed by atoms with Crippen molar-refractivity contribution in [1.82, 2.24) is 0 Å². The third-order valence-electron chi connectivity index (χ3n) is 4.42. The predicted molar refractivity (Wildman–Crippen MR) is 113 cm³/mol. The molecule has 4 aromatic carbocycles. The molecule has 1 unspecified atom stereocenters. The molecule has 0 aliphatic rings. The van der Waals surface area contributed by atoms with Gasteiger partial charge in [0.15, 0.2) is 5.75 Å². The van der Waals surface area contributed by atoms with E-state index in [-0.39, 0.29) is 16.3 Å². The molecule has 4 aromatic rings. The van der Waals surface area contributed by atoms with E-state index in [0.29, 0.717) is 21.8 Å². The molecule has 10 heteroatoms. The second kappa shape index (κ2) is 7.92. The fraction of sp³-hybridized carbons (Fsp3) is 0. The van der Waals surface area contributed by atoms with Crippen molar-refractivity contribution >= 4 is 54.4 Å². The van der Waals surface area contributed by atoms with Gasteiger partial charge in [0.1, 0.15) is 10.6 Å². The molecule has 1 atom stereocenters. The number of rotatable bonds is 5. The topological polar surface area (TPSA) is 126 Å². The van der Waals surface area contributed by atoms with Crippen LogP contribution in [-0.2, 0) is 21.5 Å². The Morgan fingerprint density at radius 1 is 0.767 bits per heavy atom. The Morgan fingerprint density at radius 3 is 2.07 bits per heavy atom. The molecule has 0 spiro atoms. The van der Waals surface area contributed by atoms with Gasteiger partial charge in [0, 0.05) is 16.2 Å². The van der Waals surface area contributed by atoms with E-state index in [4.69, 9.17) is 4.18 Å². The van der Waals surface area contributed by atoms with Crippen molar-refractivity contribution in [2.75, 3.05) is 0 Å². The second-order valence-electron chi connectivity index (χ2n) is 6.24. The number of hydrogen-bond acceptors (Lipinski definition) is 6. The van der Waals surface area contributed by atoms with E-state index in [0.717, 1.165) is 5.39 Å². The van der Waals surface area contributed by atoms with Gasteiger partial charge >= 0.3 is 11.4 Å². The summed E-state index contributed by atoms with van der Waals surface area (Å²) in [5.41, 5.74) is 0.571. The van der Waals surface area contributed by atoms with Crippen molar-refractivity contribution in [2.45, 2.75) is 4.90 Å². The van der Waals surface area contributed by atoms with Gasteiger partial charge in [-0.1, -0.05) is 54.6 Å². The minimum atomic E-state index is -4.41. The zero-order valence-electron chi connectivity index (χ0n) is 15.2. The summed E-state index contributed by atoms with van der Waals surface area (Å²) in [4.78, 5) is -0.234. The van der Waals surface area contributed by atoms with E-state index in [1.807, 2.05) is 12.1 Å². The maximum atomic E-state index is 11.6. The van der Waals surface area contributed by atoms with E-state index in [9.17, 15) is 21.7 Å². The smallest absolute Gasteiger partial charge is 0.357 e. The molecule has 2 N–H and O–H groups in total. The molecule has 8 nitrogen and oxygen atoms in total. The van der Waals surface area contributed by atoms with Gasteiger partial charge in [-0.15, -0.1) is 10.2 Å². The lowest BCUT2D eigenvalue weighted by molar-refractivity contribution is 0.460. The zero-order valence-corrected chi connectivity index (χ0v) is 16.8. The fourth-order valence-electron chi connectivity index (χ4n) is 3.14. The Balaban J connectivity index is 1.86. The van der Waals surface area contributed by atoms with Crippen LogP contribution in [-0.4, -0.2) is 21.7 Å². The lowest BCUT2D eigenvalue weighted by Crippen LogP contribution is -1.99. The van der Waals surface area contributed by atoms with Gasteiger partial charge in [-0.2, -0.15) is 12.6 Å². The summed E-state index contributed by atoms with van der Waals surface area (Å²) in [5, 5.41) is 10.5. The van der Waals surface area contributed by atoms with Gasteiger partial charge in [0.25, 0.3) is 10.1 Å². The summed E-state index contributed by atoms with van der Waals surface area (Å²) in [7, 11) is -4.41. The van der Waals surface area contributed by atoms with Gasteiger partial charge in [-0.05, 0) is 23.6 Å². The Hall–Kier alpha value is -3.18. The van der Waals surface area contributed by atoms with E-state index in [1.165, 1.54) is 12.1 Å². The van der Waals surface area contributed by atoms with Gasteiger partial charge in [-0.25, -0.2) is 0 Å². The van der Waals surface area contributed by atoms with Crippen molar-refractivity contribution in [3.05, 3.63) is 72.8 Å². The molecule has 0 saturated heterocycles. The Bertz CT molecular complexity index is 1430. The highest BCUT2D eigenvalue weighted by Crippen LogP contribution is 2.38. The third kappa shape index (κ3) is 3.94. The lowest BCUT2D eigenvalue weighted by Gasteiger charge is -2.08. The molecular weight excluding hydrogens is 428 g/mol. The first-order valence-electron chi connectivity index (χ1n) is 8.56. The Labute approximate surface area is 174 Å². The average Bonchev–Trinajstić information content (AvgIpc) is 2.71. The molecule has 152 valence electrons. The molecule has 0 aliphatic carbocycles. The van der Waals surface area contributed by atoms with E-state index < -0.39 is 21.5 Å². The predicted octanol–water partition coefficient (Wildman–Crippen LogP) is 5.17. The molecule has 0 aromatic heterocycles. The van der Waals surface area contributed by atoms with Crippen LogP contribution in [0.25, 0.3) is 21.5 Å². The number of nitrogens with zero attached hydrogens (tertiary/aromatic N) is 2. The standard InChI is InChI=1S/C20H14N2O6S2/c23-29(24)28-20-14-6-2-1-5-13(14)9-10-18(20)22-21-17-11-12-19(30(25,26)27)16-8-4-3-7-15(16)17/h1-12H,(H,23,24)(H,25,26,27). The average molecular weight is 442 g/mol. The quantitative estimate of drug-likeness (QED) is 0.249. The van der Waals surface area contributed by atoms with E-state index in [1.54, 1.807) is 48.5 Å². The molecular formula is C20H14N2O6S2. The molecule has 4 rings (SSSR count). The summed E-state index contributed by atoms with van der Waals surface area (Å²) in [6.45, 7) is 0. The second-order valence-corrected chi connectivity index (χ2v) is 8.23. The first kappa shape index (κ1) is 20.1. The van der Waals surface area contributed by atoms with Gasteiger partial charge in [0.05, 0.1) is 5.69 Å². The van der Waals surface area contributed by atoms with Crippen molar-refractivity contribution < 1.29 is 25.9 Å². The first-order valence-corrected chi connectivity index (χ1v) is 11.0. The zero-order chi connectivity index (χ0) is 21.3. The lowest BCUT2D eigenvalue weighted by atomic mass is 10.1. The molecule has 0 saturated carbocycles. The summed E-state index contributed by atoms with van der Waals surface area (Å²) in [6.07, 6.45) is 0. The van der Waals surface area contributed by atoms with Crippen molar-refractivity contribution in [3.63, 3.8) is 0 Å². The monoisotopic (exact) mass is 442 g/mol. The van der Waals surface area contributed by atoms with Crippen LogP contribution in [0.1, 0.15) is 0 Å². The van der Waals surface area contributed by atoms with Crippen molar-refractivity contribution in [2.24, 2.45) is 10.2 Å². The summed E-state index contributed by atoms with van der Waals surface area (Å²) >= 11 is -2.56. The Kier molecular flexibility index (Phi) is 5.31. The summed E-state index contributed by atoms with van der Waals surface area (Å²) < 4.78 is 58.3. The van der Waals surface area contributed by atoms with Gasteiger partial charge in [0.2, 0.25) is 0 Å². The molecule has 0 fully saturated rings.